The monoisotopic (exact) mass is 330 g/mol. The molecule has 1 aromatic rings. The van der Waals surface area contributed by atoms with Gasteiger partial charge in [0.05, 0.1) is 6.10 Å². The van der Waals surface area contributed by atoms with Crippen molar-refractivity contribution in [3.8, 4) is 0 Å². The summed E-state index contributed by atoms with van der Waals surface area (Å²) in [5, 5.41) is 28.3. The molecule has 130 valence electrons. The molecule has 0 spiro atoms. The summed E-state index contributed by atoms with van der Waals surface area (Å²) in [5.74, 6) is -2.81. The summed E-state index contributed by atoms with van der Waals surface area (Å²) in [5.41, 5.74) is 0.157. The number of aliphatic hydroxyl groups is 2. The molecule has 0 aromatic heterocycles. The van der Waals surface area contributed by atoms with Crippen LogP contribution in [0.15, 0.2) is 18.2 Å². The minimum atomic E-state index is -1.24. The Bertz CT molecular complexity index is 493. The Hall–Kier alpha value is -1.53. The van der Waals surface area contributed by atoms with Gasteiger partial charge in [0.25, 0.3) is 0 Å². The van der Waals surface area contributed by atoms with Gasteiger partial charge in [0.15, 0.2) is 11.6 Å². The Balaban J connectivity index is 2.19. The molecule has 0 unspecified atom stereocenters. The molecule has 0 radical (unpaired) electrons. The quantitative estimate of drug-likeness (QED) is 0.542. The molecule has 0 aliphatic rings. The number of hydrogen-bond donors (Lipinski definition) is 3. The highest BCUT2D eigenvalue weighted by Crippen LogP contribution is 2.22. The second kappa shape index (κ2) is 10.3. The van der Waals surface area contributed by atoms with Crippen LogP contribution >= 0.6 is 0 Å². The minimum absolute atomic E-state index is 0.157. The summed E-state index contributed by atoms with van der Waals surface area (Å²) in [6.45, 7) is 0. The Morgan fingerprint density at radius 3 is 2.17 bits per heavy atom. The number of unbranched alkanes of at least 4 members (excludes halogenated alkanes) is 5. The van der Waals surface area contributed by atoms with E-state index >= 15 is 0 Å². The Morgan fingerprint density at radius 1 is 0.957 bits per heavy atom. The second-order valence-corrected chi connectivity index (χ2v) is 5.74. The molecule has 6 heteroatoms. The number of carboxylic acids is 1. The third kappa shape index (κ3) is 7.52. The van der Waals surface area contributed by atoms with Crippen LogP contribution in [0, 0.1) is 11.6 Å². The lowest BCUT2D eigenvalue weighted by Crippen LogP contribution is -2.18. The number of carbonyl (C=O) groups is 1. The van der Waals surface area contributed by atoms with Crippen LogP contribution in [0.5, 0.6) is 0 Å². The van der Waals surface area contributed by atoms with Gasteiger partial charge in [-0.3, -0.25) is 4.79 Å². The zero-order chi connectivity index (χ0) is 17.2. The van der Waals surface area contributed by atoms with Crippen LogP contribution in [-0.2, 0) is 4.79 Å². The molecule has 1 rings (SSSR count). The van der Waals surface area contributed by atoms with E-state index in [0.29, 0.717) is 19.3 Å². The van der Waals surface area contributed by atoms with Crippen LogP contribution in [0.25, 0.3) is 0 Å². The zero-order valence-electron chi connectivity index (χ0n) is 13.0. The predicted molar refractivity (Wildman–Crippen MR) is 81.9 cm³/mol. The first kappa shape index (κ1) is 19.5. The van der Waals surface area contributed by atoms with E-state index in [1.165, 1.54) is 6.07 Å². The van der Waals surface area contributed by atoms with E-state index in [2.05, 4.69) is 0 Å². The average Bonchev–Trinajstić information content (AvgIpc) is 2.51. The van der Waals surface area contributed by atoms with E-state index < -0.39 is 29.8 Å². The van der Waals surface area contributed by atoms with Gasteiger partial charge in [-0.2, -0.15) is 0 Å². The van der Waals surface area contributed by atoms with Gasteiger partial charge in [-0.05, 0) is 30.5 Å². The molecular formula is C17H24F2O4. The fourth-order valence-electron chi connectivity index (χ4n) is 2.41. The molecule has 0 saturated carbocycles. The number of hydrogen-bond acceptors (Lipinski definition) is 3. The molecule has 0 bridgehead atoms. The molecular weight excluding hydrogens is 306 g/mol. The SMILES string of the molecule is O=C(O)CCCCCCCC[C@@H](O)[C@H](O)c1ccc(F)c(F)c1. The largest absolute Gasteiger partial charge is 0.481 e. The van der Waals surface area contributed by atoms with Gasteiger partial charge in [-0.1, -0.05) is 38.2 Å². The maximum Gasteiger partial charge on any atom is 0.303 e. The summed E-state index contributed by atoms with van der Waals surface area (Å²) >= 11 is 0. The van der Waals surface area contributed by atoms with Crippen LogP contribution in [0.2, 0.25) is 0 Å². The highest BCUT2D eigenvalue weighted by atomic mass is 19.2. The van der Waals surface area contributed by atoms with Crippen molar-refractivity contribution >= 4 is 5.97 Å². The van der Waals surface area contributed by atoms with Crippen molar-refractivity contribution in [2.75, 3.05) is 0 Å². The standard InChI is InChI=1S/C17H24F2O4/c18-13-10-9-12(11-14(13)19)17(23)15(20)7-5-3-1-2-4-6-8-16(21)22/h9-11,15,17,20,23H,1-8H2,(H,21,22)/t15-,17-/m1/s1. The highest BCUT2D eigenvalue weighted by Gasteiger charge is 2.19. The fraction of sp³-hybridized carbons (Fsp3) is 0.588. The molecule has 0 saturated heterocycles. The molecule has 4 nitrogen and oxygen atoms in total. The van der Waals surface area contributed by atoms with Crippen molar-refractivity contribution in [3.05, 3.63) is 35.4 Å². The molecule has 3 N–H and O–H groups in total. The van der Waals surface area contributed by atoms with Gasteiger partial charge < -0.3 is 15.3 Å². The summed E-state index contributed by atoms with van der Waals surface area (Å²) in [7, 11) is 0. The van der Waals surface area contributed by atoms with Gasteiger partial charge in [0, 0.05) is 6.42 Å². The van der Waals surface area contributed by atoms with Crippen LogP contribution < -0.4 is 0 Å². The third-order valence-corrected chi connectivity index (χ3v) is 3.79. The zero-order valence-corrected chi connectivity index (χ0v) is 13.0. The van der Waals surface area contributed by atoms with Gasteiger partial charge in [0.1, 0.15) is 6.10 Å². The lowest BCUT2D eigenvalue weighted by Gasteiger charge is -2.18. The first-order valence-electron chi connectivity index (χ1n) is 7.94. The highest BCUT2D eigenvalue weighted by molar-refractivity contribution is 5.66. The van der Waals surface area contributed by atoms with E-state index in [-0.39, 0.29) is 12.0 Å². The molecule has 2 atom stereocenters. The second-order valence-electron chi connectivity index (χ2n) is 5.74. The van der Waals surface area contributed by atoms with Crippen LogP contribution in [0.3, 0.4) is 0 Å². The van der Waals surface area contributed by atoms with E-state index in [0.717, 1.165) is 37.8 Å². The Kier molecular flexibility index (Phi) is 8.73. The van der Waals surface area contributed by atoms with Crippen molar-refractivity contribution in [2.45, 2.75) is 63.6 Å². The number of halogens is 2. The number of aliphatic carboxylic acids is 1. The van der Waals surface area contributed by atoms with E-state index in [4.69, 9.17) is 5.11 Å². The van der Waals surface area contributed by atoms with Crippen LogP contribution in [0.4, 0.5) is 8.78 Å². The number of aliphatic hydroxyl groups excluding tert-OH is 2. The smallest absolute Gasteiger partial charge is 0.303 e. The molecule has 0 heterocycles. The Labute approximate surface area is 134 Å². The number of benzene rings is 1. The fourth-order valence-corrected chi connectivity index (χ4v) is 2.41. The average molecular weight is 330 g/mol. The summed E-state index contributed by atoms with van der Waals surface area (Å²) < 4.78 is 25.9. The van der Waals surface area contributed by atoms with Crippen molar-refractivity contribution in [1.82, 2.24) is 0 Å². The third-order valence-electron chi connectivity index (χ3n) is 3.79. The van der Waals surface area contributed by atoms with Crippen molar-refractivity contribution in [3.63, 3.8) is 0 Å². The van der Waals surface area contributed by atoms with Crippen molar-refractivity contribution in [2.24, 2.45) is 0 Å². The van der Waals surface area contributed by atoms with E-state index in [9.17, 15) is 23.8 Å². The molecule has 0 amide bonds. The molecule has 1 aromatic carbocycles. The first-order valence-corrected chi connectivity index (χ1v) is 7.94. The van der Waals surface area contributed by atoms with E-state index in [1.807, 2.05) is 0 Å². The minimum Gasteiger partial charge on any atom is -0.481 e. The van der Waals surface area contributed by atoms with Gasteiger partial charge >= 0.3 is 5.97 Å². The lowest BCUT2D eigenvalue weighted by molar-refractivity contribution is -0.137. The van der Waals surface area contributed by atoms with Gasteiger partial charge in [-0.25, -0.2) is 8.78 Å². The number of carboxylic acid groups (broad SMARTS) is 1. The normalized spacial score (nSPS) is 13.7. The van der Waals surface area contributed by atoms with Crippen LogP contribution in [0.1, 0.15) is 63.0 Å². The van der Waals surface area contributed by atoms with Crippen molar-refractivity contribution < 1.29 is 28.9 Å². The van der Waals surface area contributed by atoms with Crippen molar-refractivity contribution in [1.29, 1.82) is 0 Å². The maximum absolute atomic E-state index is 13.1. The Morgan fingerprint density at radius 2 is 1.57 bits per heavy atom. The molecule has 0 aliphatic heterocycles. The summed E-state index contributed by atoms with van der Waals surface area (Å²) in [6, 6.07) is 3.08. The van der Waals surface area contributed by atoms with Gasteiger partial charge in [-0.15, -0.1) is 0 Å². The topological polar surface area (TPSA) is 77.8 Å². The summed E-state index contributed by atoms with van der Waals surface area (Å²) in [6.07, 6.45) is 3.30. The molecule has 0 aliphatic carbocycles. The molecule has 0 fully saturated rings. The lowest BCUT2D eigenvalue weighted by atomic mass is 9.99. The van der Waals surface area contributed by atoms with Gasteiger partial charge in [0.2, 0.25) is 0 Å². The van der Waals surface area contributed by atoms with E-state index in [1.54, 1.807) is 0 Å². The number of rotatable bonds is 11. The molecule has 23 heavy (non-hydrogen) atoms. The predicted octanol–water partition coefficient (Wildman–Crippen LogP) is 3.56. The first-order chi connectivity index (χ1) is 10.9. The maximum atomic E-state index is 13.1. The van der Waals surface area contributed by atoms with Crippen LogP contribution in [-0.4, -0.2) is 27.4 Å². The summed E-state index contributed by atoms with van der Waals surface area (Å²) in [4.78, 5) is 10.3.